The Kier molecular flexibility index (Phi) is 6.33. The Morgan fingerprint density at radius 2 is 1.08 bits per heavy atom. The molecule has 5 aromatic rings. The van der Waals surface area contributed by atoms with E-state index in [1.165, 1.54) is 16.5 Å². The molecule has 0 fully saturated rings. The summed E-state index contributed by atoms with van der Waals surface area (Å²) < 4.78 is 2.31. The minimum Gasteiger partial charge on any atom is -0.309 e. The van der Waals surface area contributed by atoms with Crippen LogP contribution in [0.2, 0.25) is 0 Å². The second-order valence-corrected chi connectivity index (χ2v) is 12.2. The first kappa shape index (κ1) is 26.6. The smallest absolute Gasteiger partial charge is 0.113 e. The van der Waals surface area contributed by atoms with Gasteiger partial charge in [0.1, 0.15) is 39.2 Å². The molecule has 0 saturated carbocycles. The zero-order valence-electron chi connectivity index (χ0n) is 23.1. The second kappa shape index (κ2) is 9.04. The van der Waals surface area contributed by atoms with Crippen molar-refractivity contribution in [3.05, 3.63) is 71.8 Å². The topological polar surface area (TPSA) is 4.93 Å². The molecule has 0 aliphatic heterocycles. The fourth-order valence-corrected chi connectivity index (χ4v) is 5.76. The summed E-state index contributed by atoms with van der Waals surface area (Å²) in [6.45, 7) is 13.6. The van der Waals surface area contributed by atoms with Crippen molar-refractivity contribution < 1.29 is 0 Å². The van der Waals surface area contributed by atoms with Crippen molar-refractivity contribution in [1.82, 2.24) is 4.57 Å². The van der Waals surface area contributed by atoms with Crippen molar-refractivity contribution in [1.29, 1.82) is 0 Å². The third-order valence-corrected chi connectivity index (χ3v) is 7.50. The summed E-state index contributed by atoms with van der Waals surface area (Å²) in [5.41, 5.74) is 8.51. The minimum absolute atomic E-state index is 0.0684. The number of nitrogens with zero attached hydrogens (tertiary/aromatic N) is 1. The predicted molar refractivity (Wildman–Crippen MR) is 171 cm³/mol. The first-order valence-electron chi connectivity index (χ1n) is 12.9. The summed E-state index contributed by atoms with van der Waals surface area (Å²) in [5.74, 6) is 0. The van der Waals surface area contributed by atoms with E-state index in [1.54, 1.807) is 0 Å². The number of hydrogen-bond acceptors (Lipinski definition) is 0. The lowest BCUT2D eigenvalue weighted by Gasteiger charge is -2.31. The molecule has 0 amide bonds. The third kappa shape index (κ3) is 3.99. The van der Waals surface area contributed by atoms with Crippen LogP contribution >= 0.6 is 0 Å². The van der Waals surface area contributed by atoms with Gasteiger partial charge in [-0.3, -0.25) is 0 Å². The van der Waals surface area contributed by atoms with Gasteiger partial charge in [-0.1, -0.05) is 88.9 Å². The van der Waals surface area contributed by atoms with E-state index in [-0.39, 0.29) is 27.2 Å². The number of aromatic nitrogens is 1. The lowest BCUT2D eigenvalue weighted by atomic mass is 9.59. The molecule has 0 aliphatic rings. The minimum atomic E-state index is -0.151. The maximum absolute atomic E-state index is 6.61. The van der Waals surface area contributed by atoms with E-state index in [0.717, 1.165) is 27.7 Å². The molecule has 0 spiro atoms. The van der Waals surface area contributed by atoms with Gasteiger partial charge >= 0.3 is 0 Å². The molecule has 0 N–H and O–H groups in total. The van der Waals surface area contributed by atoms with Crippen LogP contribution in [0.5, 0.6) is 0 Å². The molecule has 0 saturated heterocycles. The average Bonchev–Trinajstić information content (AvgIpc) is 3.20. The van der Waals surface area contributed by atoms with Crippen molar-refractivity contribution in [2.75, 3.05) is 0 Å². The number of rotatable bonds is 2. The summed E-state index contributed by atoms with van der Waals surface area (Å²) in [6, 6.07) is 21.1. The Hall–Kier alpha value is -3.00. The highest BCUT2D eigenvalue weighted by atomic mass is 15.0. The molecule has 0 atom stereocenters. The molecular weight excluding hydrogens is 452 g/mol. The second-order valence-electron chi connectivity index (χ2n) is 12.2. The maximum atomic E-state index is 6.61. The van der Waals surface area contributed by atoms with Gasteiger partial charge in [-0.2, -0.15) is 0 Å². The zero-order chi connectivity index (χ0) is 27.7. The van der Waals surface area contributed by atoms with Crippen LogP contribution in [0, 0.1) is 0 Å². The lowest BCUT2D eigenvalue weighted by Crippen LogP contribution is -2.55. The van der Waals surface area contributed by atoms with Crippen LogP contribution in [0.25, 0.3) is 38.6 Å². The fourth-order valence-electron chi connectivity index (χ4n) is 5.76. The number of benzene rings is 4. The number of para-hydroxylation sites is 1. The van der Waals surface area contributed by atoms with Crippen LogP contribution in [0.15, 0.2) is 60.7 Å². The van der Waals surface area contributed by atoms with E-state index < -0.39 is 0 Å². The zero-order valence-corrected chi connectivity index (χ0v) is 23.1. The Bertz CT molecular complexity index is 1690. The number of hydrogen-bond donors (Lipinski definition) is 0. The SMILES string of the molecule is [B]c1c([B])c([B])c(-c2cccc3c2c2c(C(C)(C)C)c(C(C)(C)C)ccc2n3-c2ccccc2)c([B])c1[B]. The van der Waals surface area contributed by atoms with Gasteiger partial charge in [0, 0.05) is 16.5 Å². The van der Waals surface area contributed by atoms with Crippen molar-refractivity contribution in [3.63, 3.8) is 0 Å². The monoisotopic (exact) mass is 481 g/mol. The van der Waals surface area contributed by atoms with Gasteiger partial charge in [0.2, 0.25) is 0 Å². The Balaban J connectivity index is 2.11. The molecule has 38 heavy (non-hydrogen) atoms. The molecular formula is C32H28B5N. The maximum Gasteiger partial charge on any atom is 0.113 e. The average molecular weight is 481 g/mol. The van der Waals surface area contributed by atoms with Gasteiger partial charge in [-0.15, -0.1) is 16.4 Å². The van der Waals surface area contributed by atoms with Crippen molar-refractivity contribution in [3.8, 4) is 16.8 Å². The van der Waals surface area contributed by atoms with Gasteiger partial charge < -0.3 is 4.57 Å². The Morgan fingerprint density at radius 3 is 1.63 bits per heavy atom. The molecule has 1 aromatic heterocycles. The van der Waals surface area contributed by atoms with Gasteiger partial charge in [0.05, 0.1) is 11.0 Å². The van der Waals surface area contributed by atoms with Gasteiger partial charge in [0.15, 0.2) is 0 Å². The predicted octanol–water partition coefficient (Wildman–Crippen LogP) is 3.01. The highest BCUT2D eigenvalue weighted by molar-refractivity contribution is 6.68. The molecule has 0 aliphatic carbocycles. The highest BCUT2D eigenvalue weighted by Gasteiger charge is 2.31. The molecule has 1 heterocycles. The Labute approximate surface area is 233 Å². The van der Waals surface area contributed by atoms with Crippen LogP contribution in [0.3, 0.4) is 0 Å². The quantitative estimate of drug-likeness (QED) is 0.343. The van der Waals surface area contributed by atoms with Crippen LogP contribution < -0.4 is 27.3 Å². The summed E-state index contributed by atoms with van der Waals surface area (Å²) >= 11 is 0. The van der Waals surface area contributed by atoms with E-state index in [4.69, 9.17) is 39.2 Å². The van der Waals surface area contributed by atoms with Crippen molar-refractivity contribution in [2.45, 2.75) is 52.4 Å². The largest absolute Gasteiger partial charge is 0.309 e. The first-order valence-corrected chi connectivity index (χ1v) is 12.9. The summed E-state index contributed by atoms with van der Waals surface area (Å²) in [7, 11) is 32.0. The standard InChI is InChI=1S/C32H28B5N/c1-31(2,3)19-15-16-21-24(25(19)32(4,5)6)22-18(23-26(33)28(35)30(37)29(36)27(23)34)13-10-14-20(22)38(21)17-11-8-7-9-12-17/h7-16H,1-6H3. The van der Waals surface area contributed by atoms with Crippen LogP contribution in [-0.2, 0) is 10.8 Å². The van der Waals surface area contributed by atoms with E-state index in [9.17, 15) is 0 Å². The highest BCUT2D eigenvalue weighted by Crippen LogP contribution is 2.45. The molecule has 10 radical (unpaired) electrons. The summed E-state index contributed by atoms with van der Waals surface area (Å²) in [6.07, 6.45) is 0. The Morgan fingerprint density at radius 1 is 0.526 bits per heavy atom. The van der Waals surface area contributed by atoms with E-state index in [0.29, 0.717) is 16.5 Å². The van der Waals surface area contributed by atoms with E-state index in [2.05, 4.69) is 88.6 Å². The van der Waals surface area contributed by atoms with Gasteiger partial charge in [0.25, 0.3) is 0 Å². The van der Waals surface area contributed by atoms with Gasteiger partial charge in [-0.25, -0.2) is 0 Å². The molecule has 5 rings (SSSR count). The molecule has 6 heteroatoms. The van der Waals surface area contributed by atoms with E-state index in [1.807, 2.05) is 18.2 Å². The molecule has 1 nitrogen and oxygen atoms in total. The molecule has 0 unspecified atom stereocenters. The normalized spacial score (nSPS) is 12.5. The van der Waals surface area contributed by atoms with Crippen molar-refractivity contribution in [2.24, 2.45) is 0 Å². The van der Waals surface area contributed by atoms with Crippen LogP contribution in [-0.4, -0.2) is 43.8 Å². The third-order valence-electron chi connectivity index (χ3n) is 7.50. The first-order chi connectivity index (χ1) is 17.7. The van der Waals surface area contributed by atoms with Crippen molar-refractivity contribution >= 4 is 88.4 Å². The van der Waals surface area contributed by atoms with E-state index >= 15 is 0 Å². The van der Waals surface area contributed by atoms with Crippen LogP contribution in [0.4, 0.5) is 0 Å². The molecule has 0 bridgehead atoms. The molecule has 4 aromatic carbocycles. The molecule has 176 valence electrons. The fraction of sp³-hybridized carbons (Fsp3) is 0.250. The number of fused-ring (bicyclic) bond motifs is 3. The van der Waals surface area contributed by atoms with Gasteiger partial charge in [-0.05, 0) is 57.3 Å². The van der Waals surface area contributed by atoms with Crippen LogP contribution in [0.1, 0.15) is 52.7 Å². The summed E-state index contributed by atoms with van der Waals surface area (Å²) in [4.78, 5) is 0. The summed E-state index contributed by atoms with van der Waals surface area (Å²) in [5, 5.41) is 2.23. The lowest BCUT2D eigenvalue weighted by molar-refractivity contribution is 0.535.